The summed E-state index contributed by atoms with van der Waals surface area (Å²) >= 11 is 6.16. The summed E-state index contributed by atoms with van der Waals surface area (Å²) in [5.74, 6) is 0. The molecule has 5 nitrogen and oxygen atoms in total. The van der Waals surface area contributed by atoms with Gasteiger partial charge >= 0.3 is 0 Å². The Morgan fingerprint density at radius 3 is 2.77 bits per heavy atom. The first-order valence-electron chi connectivity index (χ1n) is 10.5. The van der Waals surface area contributed by atoms with E-state index < -0.39 is 6.10 Å². The van der Waals surface area contributed by atoms with Crippen molar-refractivity contribution in [3.8, 4) is 0 Å². The van der Waals surface area contributed by atoms with Crippen LogP contribution in [0.15, 0.2) is 53.7 Å². The zero-order valence-electron chi connectivity index (χ0n) is 17.9. The van der Waals surface area contributed by atoms with E-state index >= 15 is 0 Å². The Morgan fingerprint density at radius 2 is 2.03 bits per heavy atom. The molecule has 0 bridgehead atoms. The van der Waals surface area contributed by atoms with Crippen LogP contribution in [-0.4, -0.2) is 53.7 Å². The third-order valence-electron chi connectivity index (χ3n) is 5.04. The van der Waals surface area contributed by atoms with Gasteiger partial charge in [0.05, 0.1) is 24.5 Å². The minimum absolute atomic E-state index is 0.0583. The van der Waals surface area contributed by atoms with E-state index in [1.165, 1.54) is 5.56 Å². The molecule has 1 aliphatic heterocycles. The fourth-order valence-electron chi connectivity index (χ4n) is 3.62. The summed E-state index contributed by atoms with van der Waals surface area (Å²) in [5.41, 5.74) is 4.39. The normalized spacial score (nSPS) is 17.3. The van der Waals surface area contributed by atoms with Crippen LogP contribution in [0.4, 0.5) is 0 Å². The first-order chi connectivity index (χ1) is 14.4. The molecule has 3 rings (SSSR count). The maximum absolute atomic E-state index is 10.5. The van der Waals surface area contributed by atoms with E-state index in [1.54, 1.807) is 0 Å². The summed E-state index contributed by atoms with van der Waals surface area (Å²) in [7, 11) is 0. The monoisotopic (exact) mass is 430 g/mol. The van der Waals surface area contributed by atoms with Gasteiger partial charge in [-0.3, -0.25) is 4.90 Å². The highest BCUT2D eigenvalue weighted by Gasteiger charge is 2.26. The van der Waals surface area contributed by atoms with Crippen molar-refractivity contribution in [1.29, 1.82) is 0 Å². The number of rotatable bonds is 10. The average molecular weight is 431 g/mol. The quantitative estimate of drug-likeness (QED) is 0.605. The van der Waals surface area contributed by atoms with Crippen molar-refractivity contribution >= 4 is 17.3 Å². The number of aliphatic hydroxyl groups excluding tert-OH is 1. The number of halogens is 1. The Morgan fingerprint density at radius 1 is 1.23 bits per heavy atom. The standard InChI is InChI=1S/C24H31ClN2O3/c1-17(2)29-16-21(28)14-27(13-19-8-6-9-20(25)11-19)15-22-12-24(26-30-22)23-10-5-4-7-18(23)3/h4-11,17,21-22,28H,12-16H2,1-3H3/t21-,22-/m0/s1. The molecule has 6 heteroatoms. The van der Waals surface area contributed by atoms with E-state index in [1.807, 2.05) is 50.2 Å². The SMILES string of the molecule is Cc1ccccc1C1=NO[C@H](CN(Cc2cccc(Cl)c2)C[C@H](O)COC(C)C)C1. The van der Waals surface area contributed by atoms with Gasteiger partial charge < -0.3 is 14.7 Å². The molecule has 30 heavy (non-hydrogen) atoms. The number of hydrogen-bond donors (Lipinski definition) is 1. The molecule has 0 saturated carbocycles. The van der Waals surface area contributed by atoms with E-state index in [4.69, 9.17) is 21.2 Å². The lowest BCUT2D eigenvalue weighted by molar-refractivity contribution is -0.0194. The van der Waals surface area contributed by atoms with Gasteiger partial charge in [-0.1, -0.05) is 53.2 Å². The first-order valence-corrected chi connectivity index (χ1v) is 10.8. The van der Waals surface area contributed by atoms with Gasteiger partial charge in [0, 0.05) is 36.6 Å². The predicted molar refractivity (Wildman–Crippen MR) is 121 cm³/mol. The van der Waals surface area contributed by atoms with Crippen LogP contribution in [0.25, 0.3) is 0 Å². The van der Waals surface area contributed by atoms with Crippen molar-refractivity contribution < 1.29 is 14.7 Å². The second-order valence-electron chi connectivity index (χ2n) is 8.14. The van der Waals surface area contributed by atoms with Crippen LogP contribution >= 0.6 is 11.6 Å². The predicted octanol–water partition coefficient (Wildman–Crippen LogP) is 4.43. The lowest BCUT2D eigenvalue weighted by atomic mass is 10.00. The highest BCUT2D eigenvalue weighted by atomic mass is 35.5. The number of nitrogens with zero attached hydrogens (tertiary/aromatic N) is 2. The summed E-state index contributed by atoms with van der Waals surface area (Å²) in [6, 6.07) is 16.0. The Bertz CT molecular complexity index is 856. The van der Waals surface area contributed by atoms with Crippen LogP contribution in [0.3, 0.4) is 0 Å². The highest BCUT2D eigenvalue weighted by Crippen LogP contribution is 2.21. The van der Waals surface area contributed by atoms with E-state index in [2.05, 4.69) is 29.1 Å². The third kappa shape index (κ3) is 6.81. The zero-order chi connectivity index (χ0) is 21.5. The van der Waals surface area contributed by atoms with Gasteiger partial charge in [0.25, 0.3) is 0 Å². The molecule has 0 radical (unpaired) electrons. The topological polar surface area (TPSA) is 54.3 Å². The lowest BCUT2D eigenvalue weighted by Crippen LogP contribution is -2.39. The molecule has 2 atom stereocenters. The molecule has 0 aliphatic carbocycles. The van der Waals surface area contributed by atoms with Crippen LogP contribution in [0.2, 0.25) is 5.02 Å². The maximum Gasteiger partial charge on any atom is 0.145 e. The Labute approximate surface area is 184 Å². The molecule has 2 aromatic carbocycles. The smallest absolute Gasteiger partial charge is 0.145 e. The second kappa shape index (κ2) is 10.9. The Hall–Kier alpha value is -1.92. The van der Waals surface area contributed by atoms with Gasteiger partial charge in [-0.25, -0.2) is 0 Å². The van der Waals surface area contributed by atoms with Gasteiger partial charge in [0.1, 0.15) is 6.10 Å². The van der Waals surface area contributed by atoms with Gasteiger partial charge in [-0.2, -0.15) is 0 Å². The van der Waals surface area contributed by atoms with Crippen LogP contribution in [0.1, 0.15) is 37.0 Å². The maximum atomic E-state index is 10.5. The van der Waals surface area contributed by atoms with Crippen molar-refractivity contribution in [2.75, 3.05) is 19.7 Å². The highest BCUT2D eigenvalue weighted by molar-refractivity contribution is 6.30. The van der Waals surface area contributed by atoms with Gasteiger partial charge in [0.15, 0.2) is 0 Å². The molecule has 0 aromatic heterocycles. The van der Waals surface area contributed by atoms with Gasteiger partial charge in [-0.05, 0) is 44.0 Å². The molecule has 1 N–H and O–H groups in total. The Kier molecular flexibility index (Phi) is 8.28. The van der Waals surface area contributed by atoms with E-state index in [9.17, 15) is 5.11 Å². The molecule has 0 saturated heterocycles. The molecule has 0 unspecified atom stereocenters. The first kappa shape index (κ1) is 22.8. The zero-order valence-corrected chi connectivity index (χ0v) is 18.7. The molecule has 0 amide bonds. The second-order valence-corrected chi connectivity index (χ2v) is 8.58. The minimum atomic E-state index is -0.579. The van der Waals surface area contributed by atoms with E-state index in [0.29, 0.717) is 31.3 Å². The summed E-state index contributed by atoms with van der Waals surface area (Å²) < 4.78 is 5.58. The fraction of sp³-hybridized carbons (Fsp3) is 0.458. The van der Waals surface area contributed by atoms with Crippen molar-refractivity contribution in [3.63, 3.8) is 0 Å². The van der Waals surface area contributed by atoms with E-state index in [0.717, 1.165) is 23.3 Å². The number of aryl methyl sites for hydroxylation is 1. The van der Waals surface area contributed by atoms with Crippen molar-refractivity contribution in [3.05, 3.63) is 70.2 Å². The molecular weight excluding hydrogens is 400 g/mol. The molecule has 0 spiro atoms. The molecule has 0 fully saturated rings. The third-order valence-corrected chi connectivity index (χ3v) is 5.27. The van der Waals surface area contributed by atoms with Gasteiger partial charge in [-0.15, -0.1) is 0 Å². The fourth-order valence-corrected chi connectivity index (χ4v) is 3.83. The van der Waals surface area contributed by atoms with Gasteiger partial charge in [0.2, 0.25) is 0 Å². The summed E-state index contributed by atoms with van der Waals surface area (Å²) in [6.07, 6.45) is 0.196. The molecule has 1 heterocycles. The number of benzene rings is 2. The molecule has 162 valence electrons. The Balaban J connectivity index is 1.64. The van der Waals surface area contributed by atoms with Crippen LogP contribution in [0, 0.1) is 6.92 Å². The molecule has 1 aliphatic rings. The van der Waals surface area contributed by atoms with E-state index in [-0.39, 0.29) is 12.2 Å². The number of oxime groups is 1. The average Bonchev–Trinajstić information content (AvgIpc) is 3.15. The van der Waals surface area contributed by atoms with Crippen molar-refractivity contribution in [2.24, 2.45) is 5.16 Å². The summed E-state index contributed by atoms with van der Waals surface area (Å²) in [4.78, 5) is 7.94. The van der Waals surface area contributed by atoms with Crippen molar-refractivity contribution in [1.82, 2.24) is 4.90 Å². The summed E-state index contributed by atoms with van der Waals surface area (Å²) in [6.45, 7) is 8.13. The number of hydrogen-bond acceptors (Lipinski definition) is 5. The minimum Gasteiger partial charge on any atom is -0.390 e. The summed E-state index contributed by atoms with van der Waals surface area (Å²) in [5, 5.41) is 15.5. The van der Waals surface area contributed by atoms with Crippen LogP contribution in [0.5, 0.6) is 0 Å². The molecule has 2 aromatic rings. The number of aliphatic hydroxyl groups is 1. The number of ether oxygens (including phenoxy) is 1. The molecular formula is C24H31ClN2O3. The van der Waals surface area contributed by atoms with Crippen LogP contribution in [-0.2, 0) is 16.1 Å². The largest absolute Gasteiger partial charge is 0.390 e. The lowest BCUT2D eigenvalue weighted by Gasteiger charge is -2.27. The van der Waals surface area contributed by atoms with Crippen molar-refractivity contribution in [2.45, 2.75) is 52.0 Å². The van der Waals surface area contributed by atoms with Crippen LogP contribution < -0.4 is 0 Å².